The fourth-order valence-corrected chi connectivity index (χ4v) is 2.76. The summed E-state index contributed by atoms with van der Waals surface area (Å²) in [6.45, 7) is 2.16. The highest BCUT2D eigenvalue weighted by atomic mass is 32.2. The Labute approximate surface area is 108 Å². The zero-order chi connectivity index (χ0) is 13.2. The van der Waals surface area contributed by atoms with Gasteiger partial charge in [-0.05, 0) is 19.3 Å². The number of nitrogens with two attached hydrogens (primary N) is 1. The van der Waals surface area contributed by atoms with Crippen LogP contribution in [0.5, 0.6) is 0 Å². The lowest BCUT2D eigenvalue weighted by molar-refractivity contribution is 0.552. The molecule has 0 aromatic carbocycles. The molecule has 1 aliphatic rings. The minimum atomic E-state index is -3.76. The first-order valence-electron chi connectivity index (χ1n) is 6.50. The molecule has 1 saturated carbocycles. The monoisotopic (exact) mass is 272 g/mol. The van der Waals surface area contributed by atoms with Crippen molar-refractivity contribution in [2.45, 2.75) is 63.1 Å². The Hall–Kier alpha value is -0.950. The van der Waals surface area contributed by atoms with E-state index in [4.69, 9.17) is 5.14 Å². The van der Waals surface area contributed by atoms with Gasteiger partial charge in [-0.15, -0.1) is 10.2 Å². The Balaban J connectivity index is 2.13. The first-order chi connectivity index (χ1) is 8.54. The van der Waals surface area contributed by atoms with Crippen LogP contribution in [-0.4, -0.2) is 23.2 Å². The number of nitrogens with zero attached hydrogens (tertiary/aromatic N) is 3. The molecule has 0 radical (unpaired) electrons. The predicted octanol–water partition coefficient (Wildman–Crippen LogP) is 1.38. The van der Waals surface area contributed by atoms with Crippen LogP contribution >= 0.6 is 0 Å². The molecule has 2 N–H and O–H groups in total. The van der Waals surface area contributed by atoms with Gasteiger partial charge < -0.3 is 0 Å². The van der Waals surface area contributed by atoms with Crippen LogP contribution in [0.1, 0.15) is 57.3 Å². The highest BCUT2D eigenvalue weighted by Crippen LogP contribution is 2.37. The number of rotatable bonds is 7. The normalized spacial score (nSPS) is 16.1. The minimum absolute atomic E-state index is 0.0736. The van der Waals surface area contributed by atoms with E-state index in [1.54, 1.807) is 4.57 Å². The van der Waals surface area contributed by atoms with Crippen molar-refractivity contribution in [1.82, 2.24) is 14.8 Å². The molecule has 1 aliphatic carbocycles. The second-order valence-electron chi connectivity index (χ2n) is 4.86. The lowest BCUT2D eigenvalue weighted by atomic mass is 10.1. The van der Waals surface area contributed by atoms with Gasteiger partial charge in [-0.25, -0.2) is 13.6 Å². The number of aromatic nitrogens is 3. The van der Waals surface area contributed by atoms with Gasteiger partial charge in [0, 0.05) is 12.5 Å². The molecular formula is C11H20N4O2S. The maximum Gasteiger partial charge on any atom is 0.273 e. The molecule has 0 saturated heterocycles. The van der Waals surface area contributed by atoms with Crippen LogP contribution in [0.3, 0.4) is 0 Å². The van der Waals surface area contributed by atoms with E-state index in [1.807, 2.05) is 0 Å². The van der Waals surface area contributed by atoms with Crippen molar-refractivity contribution in [1.29, 1.82) is 0 Å². The lowest BCUT2D eigenvalue weighted by Crippen LogP contribution is -2.19. The maximum absolute atomic E-state index is 11.4. The summed E-state index contributed by atoms with van der Waals surface area (Å²) in [6.07, 6.45) is 7.28. The lowest BCUT2D eigenvalue weighted by Gasteiger charge is -2.07. The molecule has 0 spiro atoms. The topological polar surface area (TPSA) is 90.9 Å². The van der Waals surface area contributed by atoms with Gasteiger partial charge in [0.15, 0.2) is 0 Å². The van der Waals surface area contributed by atoms with Crippen molar-refractivity contribution < 1.29 is 8.42 Å². The number of aryl methyl sites for hydroxylation is 1. The van der Waals surface area contributed by atoms with Crippen molar-refractivity contribution >= 4 is 10.0 Å². The summed E-state index contributed by atoms with van der Waals surface area (Å²) in [7, 11) is -3.76. The Bertz CT molecular complexity index is 505. The number of sulfonamides is 1. The fraction of sp³-hybridized carbons (Fsp3) is 0.818. The Morgan fingerprint density at radius 1 is 1.28 bits per heavy atom. The minimum Gasteiger partial charge on any atom is -0.298 e. The van der Waals surface area contributed by atoms with Gasteiger partial charge in [-0.3, -0.25) is 4.57 Å². The molecule has 1 heterocycles. The zero-order valence-electron chi connectivity index (χ0n) is 10.7. The van der Waals surface area contributed by atoms with Gasteiger partial charge in [-0.1, -0.05) is 26.2 Å². The summed E-state index contributed by atoms with van der Waals surface area (Å²) in [5, 5.41) is 12.8. The molecule has 0 atom stereocenters. The molecule has 102 valence electrons. The van der Waals surface area contributed by atoms with E-state index in [-0.39, 0.29) is 11.2 Å². The Morgan fingerprint density at radius 2 is 2.00 bits per heavy atom. The van der Waals surface area contributed by atoms with Gasteiger partial charge in [0.1, 0.15) is 5.82 Å². The fourth-order valence-electron chi connectivity index (χ4n) is 2.08. The largest absolute Gasteiger partial charge is 0.298 e. The Morgan fingerprint density at radius 3 is 2.56 bits per heavy atom. The third-order valence-corrected chi connectivity index (χ3v) is 3.94. The third kappa shape index (κ3) is 3.08. The van der Waals surface area contributed by atoms with Gasteiger partial charge in [0.25, 0.3) is 15.2 Å². The van der Waals surface area contributed by atoms with Crippen LogP contribution < -0.4 is 5.14 Å². The zero-order valence-corrected chi connectivity index (χ0v) is 11.5. The average molecular weight is 272 g/mol. The van der Waals surface area contributed by atoms with Gasteiger partial charge >= 0.3 is 0 Å². The van der Waals surface area contributed by atoms with E-state index < -0.39 is 10.0 Å². The molecule has 1 fully saturated rings. The highest BCUT2D eigenvalue weighted by Gasteiger charge is 2.32. The van der Waals surface area contributed by atoms with E-state index in [0.29, 0.717) is 0 Å². The molecule has 0 aliphatic heterocycles. The summed E-state index contributed by atoms with van der Waals surface area (Å²) in [5.74, 6) is 0.762. The summed E-state index contributed by atoms with van der Waals surface area (Å²) < 4.78 is 24.6. The SMILES string of the molecule is CCCCCCc1nnc(S(N)(=O)=O)n1C1CC1. The van der Waals surface area contributed by atoms with Crippen LogP contribution in [0.15, 0.2) is 5.16 Å². The molecule has 18 heavy (non-hydrogen) atoms. The Kier molecular flexibility index (Phi) is 4.01. The number of unbranched alkanes of at least 4 members (excludes halogenated alkanes) is 3. The second kappa shape index (κ2) is 5.36. The quantitative estimate of drug-likeness (QED) is 0.759. The molecular weight excluding hydrogens is 252 g/mol. The molecule has 6 nitrogen and oxygen atoms in total. The smallest absolute Gasteiger partial charge is 0.273 e. The molecule has 1 aromatic heterocycles. The summed E-state index contributed by atoms with van der Waals surface area (Å²) >= 11 is 0. The second-order valence-corrected chi connectivity index (χ2v) is 6.31. The average Bonchev–Trinajstić information content (AvgIpc) is 3.04. The van der Waals surface area contributed by atoms with Crippen molar-refractivity contribution in [3.8, 4) is 0 Å². The molecule has 0 bridgehead atoms. The van der Waals surface area contributed by atoms with Crippen LogP contribution in [0.2, 0.25) is 0 Å². The first-order valence-corrected chi connectivity index (χ1v) is 8.05. The van der Waals surface area contributed by atoms with Crippen molar-refractivity contribution in [2.75, 3.05) is 0 Å². The molecule has 0 unspecified atom stereocenters. The standard InChI is InChI=1S/C11H20N4O2S/c1-2-3-4-5-6-10-13-14-11(18(12,16)17)15(10)9-7-8-9/h9H,2-8H2,1H3,(H2,12,16,17). The third-order valence-electron chi connectivity index (χ3n) is 3.16. The molecule has 7 heteroatoms. The van der Waals surface area contributed by atoms with Gasteiger partial charge in [0.05, 0.1) is 0 Å². The van der Waals surface area contributed by atoms with Crippen LogP contribution in [0.4, 0.5) is 0 Å². The number of hydrogen-bond donors (Lipinski definition) is 1. The van der Waals surface area contributed by atoms with Gasteiger partial charge in [0.2, 0.25) is 0 Å². The molecule has 2 rings (SSSR count). The first kappa shape index (κ1) is 13.5. The van der Waals surface area contributed by atoms with Crippen LogP contribution in [0, 0.1) is 0 Å². The van der Waals surface area contributed by atoms with E-state index in [1.165, 1.54) is 12.8 Å². The van der Waals surface area contributed by atoms with Crippen molar-refractivity contribution in [3.05, 3.63) is 5.82 Å². The number of hydrogen-bond acceptors (Lipinski definition) is 4. The summed E-state index contributed by atoms with van der Waals surface area (Å²) in [5.41, 5.74) is 0. The predicted molar refractivity (Wildman–Crippen MR) is 67.5 cm³/mol. The van der Waals surface area contributed by atoms with Gasteiger partial charge in [-0.2, -0.15) is 0 Å². The summed E-state index contributed by atoms with van der Waals surface area (Å²) in [4.78, 5) is 0. The van der Waals surface area contributed by atoms with E-state index >= 15 is 0 Å². The highest BCUT2D eigenvalue weighted by molar-refractivity contribution is 7.89. The van der Waals surface area contributed by atoms with Crippen molar-refractivity contribution in [2.24, 2.45) is 5.14 Å². The summed E-state index contributed by atoms with van der Waals surface area (Å²) in [6, 6.07) is 0.231. The van der Waals surface area contributed by atoms with Crippen LogP contribution in [0.25, 0.3) is 0 Å². The molecule has 0 amide bonds. The maximum atomic E-state index is 11.4. The number of primary sulfonamides is 1. The van der Waals surface area contributed by atoms with E-state index in [2.05, 4.69) is 17.1 Å². The van der Waals surface area contributed by atoms with E-state index in [9.17, 15) is 8.42 Å². The van der Waals surface area contributed by atoms with Crippen molar-refractivity contribution in [3.63, 3.8) is 0 Å². The van der Waals surface area contributed by atoms with Crippen LogP contribution in [-0.2, 0) is 16.4 Å². The molecule has 1 aromatic rings. The van der Waals surface area contributed by atoms with E-state index in [0.717, 1.165) is 37.9 Å².